The number of aliphatic hydroxyl groups is 1. The monoisotopic (exact) mass is 487 g/mol. The Hall–Kier alpha value is -2.46. The largest absolute Gasteiger partial charge is 0.493 e. The van der Waals surface area contributed by atoms with Crippen LogP contribution in [0, 0.1) is 0 Å². The summed E-state index contributed by atoms with van der Waals surface area (Å²) in [6, 6.07) is 15.3. The van der Waals surface area contributed by atoms with Gasteiger partial charge in [0, 0.05) is 38.8 Å². The fourth-order valence-corrected chi connectivity index (χ4v) is 5.20. The number of β-amino-alcohol motifs (C(OH)–C–C–N with tert-alkyl or cyclic N) is 1. The molecule has 0 aromatic heterocycles. The third-order valence-electron chi connectivity index (χ3n) is 6.63. The number of aliphatic hydroxyl groups excluding tert-OH is 1. The van der Waals surface area contributed by atoms with E-state index in [2.05, 4.69) is 9.62 Å². The standard InChI is InChI=1S/C25H33N3O5S/c1-27(23(19-6-4-3-5-7-19)17-28-12-10-20(29)16-28)25(30)21-11-13-33-24-9-8-18(14-22(21)24)15-26-34(2,31)32/h3-9,14,20-21,23,26,29H,10-13,15-17H2,1-2H3/t20-,21?,23+/m0/s1. The lowest BCUT2D eigenvalue weighted by Gasteiger charge is -2.36. The first-order valence-electron chi connectivity index (χ1n) is 11.6. The summed E-state index contributed by atoms with van der Waals surface area (Å²) in [5.41, 5.74) is 2.62. The Balaban J connectivity index is 1.58. The van der Waals surface area contributed by atoms with Crippen LogP contribution in [0.4, 0.5) is 0 Å². The lowest BCUT2D eigenvalue weighted by molar-refractivity contribution is -0.134. The fourth-order valence-electron chi connectivity index (χ4n) is 4.77. The van der Waals surface area contributed by atoms with E-state index < -0.39 is 10.0 Å². The number of hydrogen-bond acceptors (Lipinski definition) is 6. The van der Waals surface area contributed by atoms with Crippen molar-refractivity contribution in [2.24, 2.45) is 0 Å². The van der Waals surface area contributed by atoms with E-state index in [0.29, 0.717) is 31.9 Å². The van der Waals surface area contributed by atoms with Gasteiger partial charge in [-0.2, -0.15) is 0 Å². The number of carbonyl (C=O) groups is 1. The zero-order valence-corrected chi connectivity index (χ0v) is 20.5. The summed E-state index contributed by atoms with van der Waals surface area (Å²) in [6.45, 7) is 2.68. The van der Waals surface area contributed by atoms with E-state index in [0.717, 1.165) is 35.9 Å². The zero-order valence-electron chi connectivity index (χ0n) is 19.7. The number of likely N-dealkylation sites (tertiary alicyclic amines) is 1. The predicted molar refractivity (Wildman–Crippen MR) is 130 cm³/mol. The summed E-state index contributed by atoms with van der Waals surface area (Å²) in [6.07, 6.45) is 2.11. The van der Waals surface area contributed by atoms with Crippen LogP contribution in [0.15, 0.2) is 48.5 Å². The van der Waals surface area contributed by atoms with Crippen molar-refractivity contribution in [3.05, 3.63) is 65.2 Å². The molecule has 2 N–H and O–H groups in total. The van der Waals surface area contributed by atoms with Crippen molar-refractivity contribution < 1.29 is 23.1 Å². The highest BCUT2D eigenvalue weighted by Crippen LogP contribution is 2.37. The summed E-state index contributed by atoms with van der Waals surface area (Å²) < 4.78 is 31.3. The van der Waals surface area contributed by atoms with Gasteiger partial charge in [0.1, 0.15) is 5.75 Å². The SMILES string of the molecule is CN(C(=O)C1CCOc2ccc(CNS(C)(=O)=O)cc21)[C@H](CN1CC[C@H](O)C1)c1ccccc1. The molecule has 8 nitrogen and oxygen atoms in total. The molecule has 0 saturated carbocycles. The van der Waals surface area contributed by atoms with Crippen LogP contribution in [0.3, 0.4) is 0 Å². The lowest BCUT2D eigenvalue weighted by atomic mass is 9.89. The number of hydrogen-bond donors (Lipinski definition) is 2. The average molecular weight is 488 g/mol. The van der Waals surface area contributed by atoms with Crippen molar-refractivity contribution >= 4 is 15.9 Å². The summed E-state index contributed by atoms with van der Waals surface area (Å²) in [5, 5.41) is 9.99. The van der Waals surface area contributed by atoms with Crippen molar-refractivity contribution in [1.29, 1.82) is 0 Å². The molecular weight excluding hydrogens is 454 g/mol. The highest BCUT2D eigenvalue weighted by atomic mass is 32.2. The third-order valence-corrected chi connectivity index (χ3v) is 7.30. The molecule has 1 saturated heterocycles. The van der Waals surface area contributed by atoms with Crippen molar-refractivity contribution in [2.45, 2.75) is 37.5 Å². The molecule has 0 radical (unpaired) electrons. The van der Waals surface area contributed by atoms with E-state index in [4.69, 9.17) is 4.74 Å². The first-order chi connectivity index (χ1) is 16.2. The molecule has 1 fully saturated rings. The van der Waals surface area contributed by atoms with Crippen LogP contribution in [0.1, 0.15) is 41.5 Å². The van der Waals surface area contributed by atoms with Crippen LogP contribution in [0.2, 0.25) is 0 Å². The van der Waals surface area contributed by atoms with Gasteiger partial charge in [0.2, 0.25) is 15.9 Å². The van der Waals surface area contributed by atoms with Crippen LogP contribution in [0.25, 0.3) is 0 Å². The number of amides is 1. The van der Waals surface area contributed by atoms with E-state index in [-0.39, 0.29) is 30.5 Å². The molecule has 1 unspecified atom stereocenters. The molecule has 4 rings (SSSR count). The normalized spacial score (nSPS) is 21.5. The van der Waals surface area contributed by atoms with Crippen LogP contribution >= 0.6 is 0 Å². The number of carbonyl (C=O) groups excluding carboxylic acids is 1. The number of fused-ring (bicyclic) bond motifs is 1. The van der Waals surface area contributed by atoms with Gasteiger partial charge in [0.15, 0.2) is 0 Å². The van der Waals surface area contributed by atoms with Gasteiger partial charge in [0.25, 0.3) is 0 Å². The summed E-state index contributed by atoms with van der Waals surface area (Å²) in [7, 11) is -1.48. The maximum Gasteiger partial charge on any atom is 0.230 e. The third kappa shape index (κ3) is 5.96. The molecule has 184 valence electrons. The Morgan fingerprint density at radius 1 is 1.24 bits per heavy atom. The highest BCUT2D eigenvalue weighted by Gasteiger charge is 2.34. The molecule has 1 amide bonds. The van der Waals surface area contributed by atoms with Gasteiger partial charge in [-0.15, -0.1) is 0 Å². The number of rotatable bonds is 8. The van der Waals surface area contributed by atoms with Crippen LogP contribution in [-0.4, -0.2) is 74.9 Å². The van der Waals surface area contributed by atoms with E-state index in [9.17, 15) is 18.3 Å². The minimum absolute atomic E-state index is 0.00590. The van der Waals surface area contributed by atoms with Gasteiger partial charge < -0.3 is 14.7 Å². The van der Waals surface area contributed by atoms with Crippen molar-refractivity contribution in [3.8, 4) is 5.75 Å². The number of ether oxygens (including phenoxy) is 1. The van der Waals surface area contributed by atoms with Crippen molar-refractivity contribution in [3.63, 3.8) is 0 Å². The maximum absolute atomic E-state index is 13.8. The molecule has 2 aromatic rings. The smallest absolute Gasteiger partial charge is 0.230 e. The Morgan fingerprint density at radius 2 is 2.00 bits per heavy atom. The molecule has 34 heavy (non-hydrogen) atoms. The first kappa shape index (κ1) is 24.7. The number of sulfonamides is 1. The molecule has 2 aromatic carbocycles. The minimum Gasteiger partial charge on any atom is -0.493 e. The number of benzene rings is 2. The van der Waals surface area contributed by atoms with Crippen LogP contribution in [-0.2, 0) is 21.4 Å². The van der Waals surface area contributed by atoms with Gasteiger partial charge in [-0.1, -0.05) is 36.4 Å². The topological polar surface area (TPSA) is 99.2 Å². The first-order valence-corrected chi connectivity index (χ1v) is 13.5. The summed E-state index contributed by atoms with van der Waals surface area (Å²) >= 11 is 0. The van der Waals surface area contributed by atoms with Gasteiger partial charge in [-0.3, -0.25) is 9.69 Å². The van der Waals surface area contributed by atoms with E-state index in [1.165, 1.54) is 0 Å². The summed E-state index contributed by atoms with van der Waals surface area (Å²) in [4.78, 5) is 17.9. The quantitative estimate of drug-likeness (QED) is 0.590. The van der Waals surface area contributed by atoms with Gasteiger partial charge in [-0.05, 0) is 36.1 Å². The predicted octanol–water partition coefficient (Wildman–Crippen LogP) is 1.87. The highest BCUT2D eigenvalue weighted by molar-refractivity contribution is 7.88. The molecule has 2 aliphatic heterocycles. The maximum atomic E-state index is 13.8. The Kier molecular flexibility index (Phi) is 7.57. The summed E-state index contributed by atoms with van der Waals surface area (Å²) in [5.74, 6) is 0.300. The van der Waals surface area contributed by atoms with Crippen LogP contribution < -0.4 is 9.46 Å². The number of likely N-dealkylation sites (N-methyl/N-ethyl adjacent to an activating group) is 1. The van der Waals surface area contributed by atoms with Crippen LogP contribution in [0.5, 0.6) is 5.75 Å². The van der Waals surface area contributed by atoms with E-state index in [1.807, 2.05) is 60.5 Å². The van der Waals surface area contributed by atoms with Gasteiger partial charge in [0.05, 0.1) is 30.9 Å². The Morgan fingerprint density at radius 3 is 2.68 bits per heavy atom. The molecule has 2 aliphatic rings. The second-order valence-electron chi connectivity index (χ2n) is 9.23. The van der Waals surface area contributed by atoms with Gasteiger partial charge >= 0.3 is 0 Å². The Bertz CT molecular complexity index is 1110. The molecular formula is C25H33N3O5S. The minimum atomic E-state index is -3.32. The Labute approximate surface area is 201 Å². The van der Waals surface area contributed by atoms with Gasteiger partial charge in [-0.25, -0.2) is 13.1 Å². The molecule has 0 aliphatic carbocycles. The molecule has 0 bridgehead atoms. The van der Waals surface area contributed by atoms with E-state index >= 15 is 0 Å². The van der Waals surface area contributed by atoms with E-state index in [1.54, 1.807) is 0 Å². The van der Waals surface area contributed by atoms with Crippen molar-refractivity contribution in [1.82, 2.24) is 14.5 Å². The molecule has 0 spiro atoms. The number of nitrogens with one attached hydrogen (secondary N) is 1. The molecule has 9 heteroatoms. The second-order valence-corrected chi connectivity index (χ2v) is 11.1. The van der Waals surface area contributed by atoms with Crippen molar-refractivity contribution in [2.75, 3.05) is 39.5 Å². The fraction of sp³-hybridized carbons (Fsp3) is 0.480. The molecule has 2 heterocycles. The lowest BCUT2D eigenvalue weighted by Crippen LogP contribution is -2.41. The second kappa shape index (κ2) is 10.4. The average Bonchev–Trinajstić information content (AvgIpc) is 3.24. The molecule has 3 atom stereocenters. The zero-order chi connectivity index (χ0) is 24.3. The number of nitrogens with zero attached hydrogens (tertiary/aromatic N) is 2.